The van der Waals surface area contributed by atoms with Gasteiger partial charge in [-0.15, -0.1) is 0 Å². The summed E-state index contributed by atoms with van der Waals surface area (Å²) in [6.45, 7) is 22.6. The Bertz CT molecular complexity index is 1260. The van der Waals surface area contributed by atoms with E-state index in [0.29, 0.717) is 0 Å². The van der Waals surface area contributed by atoms with Crippen molar-refractivity contribution in [3.05, 3.63) is 119 Å². The second-order valence-electron chi connectivity index (χ2n) is 14.1. The maximum atomic E-state index is 6.34. The lowest BCUT2D eigenvalue weighted by atomic mass is 9.64. The van der Waals surface area contributed by atoms with Gasteiger partial charge in [-0.1, -0.05) is 135 Å². The lowest BCUT2D eigenvalue weighted by Gasteiger charge is -2.36. The minimum absolute atomic E-state index is 0.0197. The molecule has 0 unspecified atom stereocenters. The Morgan fingerprint density at radius 3 is 1.73 bits per heavy atom. The summed E-state index contributed by atoms with van der Waals surface area (Å²) in [5, 5.41) is 0. The number of hydrogen-bond donors (Lipinski definition) is 0. The molecule has 1 saturated carbocycles. The molecular formula is C40H56O. The van der Waals surface area contributed by atoms with Gasteiger partial charge in [-0.2, -0.15) is 0 Å². The van der Waals surface area contributed by atoms with E-state index in [1.807, 2.05) is 0 Å². The molecule has 1 saturated heterocycles. The van der Waals surface area contributed by atoms with Crippen LogP contribution < -0.4 is 0 Å². The fourth-order valence-electron chi connectivity index (χ4n) is 6.72. The fraction of sp³-hybridized carbons (Fsp3) is 0.500. The molecule has 2 aliphatic carbocycles. The SMILES string of the molecule is CC1=C(/C=C/C(C)=C/C=C/C(C)=C/C=C/C=C(C)/C=C/C=C(C)/C=C/[C@]23O[C@@]2(C)CCCC3(C)C)C(C)(C)CCC1. The van der Waals surface area contributed by atoms with Crippen LogP contribution in [0.2, 0.25) is 0 Å². The van der Waals surface area contributed by atoms with Gasteiger partial charge in [0.05, 0.1) is 5.60 Å². The summed E-state index contributed by atoms with van der Waals surface area (Å²) in [4.78, 5) is 0. The zero-order valence-corrected chi connectivity index (χ0v) is 27.7. The third-order valence-corrected chi connectivity index (χ3v) is 9.49. The molecule has 1 aliphatic heterocycles. The van der Waals surface area contributed by atoms with Gasteiger partial charge >= 0.3 is 0 Å². The number of allylic oxidation sites excluding steroid dienone is 19. The summed E-state index contributed by atoms with van der Waals surface area (Å²) < 4.78 is 6.34. The molecule has 0 radical (unpaired) electrons. The smallest absolute Gasteiger partial charge is 0.121 e. The highest BCUT2D eigenvalue weighted by Gasteiger charge is 2.73. The molecule has 1 nitrogen and oxygen atoms in total. The quantitative estimate of drug-likeness (QED) is 0.194. The van der Waals surface area contributed by atoms with Crippen LogP contribution in [0.15, 0.2) is 119 Å². The molecule has 0 aromatic heterocycles. The number of rotatable bonds is 10. The maximum absolute atomic E-state index is 6.34. The second kappa shape index (κ2) is 13.6. The monoisotopic (exact) mass is 552 g/mol. The number of hydrogen-bond acceptors (Lipinski definition) is 1. The average molecular weight is 553 g/mol. The van der Waals surface area contributed by atoms with Crippen molar-refractivity contribution in [3.63, 3.8) is 0 Å². The third-order valence-electron chi connectivity index (χ3n) is 9.49. The van der Waals surface area contributed by atoms with E-state index < -0.39 is 0 Å². The highest BCUT2D eigenvalue weighted by molar-refractivity contribution is 5.38. The van der Waals surface area contributed by atoms with Gasteiger partial charge in [0.25, 0.3) is 0 Å². The first kappa shape index (κ1) is 32.9. The van der Waals surface area contributed by atoms with Crippen LogP contribution in [-0.2, 0) is 4.74 Å². The van der Waals surface area contributed by atoms with Crippen molar-refractivity contribution in [1.82, 2.24) is 0 Å². The van der Waals surface area contributed by atoms with Crippen LogP contribution in [0.5, 0.6) is 0 Å². The summed E-state index contributed by atoms with van der Waals surface area (Å²) in [7, 11) is 0. The molecule has 0 N–H and O–H groups in total. The van der Waals surface area contributed by atoms with E-state index in [2.05, 4.69) is 154 Å². The maximum Gasteiger partial charge on any atom is 0.121 e. The number of epoxide rings is 1. The largest absolute Gasteiger partial charge is 0.358 e. The molecule has 1 heterocycles. The molecule has 0 bridgehead atoms. The van der Waals surface area contributed by atoms with Gasteiger partial charge in [0, 0.05) is 5.41 Å². The molecule has 1 heteroatoms. The van der Waals surface area contributed by atoms with Crippen LogP contribution >= 0.6 is 0 Å². The van der Waals surface area contributed by atoms with Crippen molar-refractivity contribution < 1.29 is 4.74 Å². The van der Waals surface area contributed by atoms with E-state index in [1.54, 1.807) is 5.57 Å². The molecule has 2 atom stereocenters. The summed E-state index contributed by atoms with van der Waals surface area (Å²) in [6, 6.07) is 0. The summed E-state index contributed by atoms with van der Waals surface area (Å²) in [5.41, 5.74) is 8.42. The second-order valence-corrected chi connectivity index (χ2v) is 14.1. The Morgan fingerprint density at radius 1 is 0.634 bits per heavy atom. The Kier molecular flexibility index (Phi) is 10.9. The molecule has 0 aromatic carbocycles. The number of ether oxygens (including phenoxy) is 1. The van der Waals surface area contributed by atoms with Gasteiger partial charge in [0.2, 0.25) is 0 Å². The molecule has 2 fully saturated rings. The summed E-state index contributed by atoms with van der Waals surface area (Å²) in [5.74, 6) is 0. The van der Waals surface area contributed by atoms with Crippen LogP contribution in [0.4, 0.5) is 0 Å². The Balaban J connectivity index is 1.49. The van der Waals surface area contributed by atoms with Crippen molar-refractivity contribution >= 4 is 0 Å². The van der Waals surface area contributed by atoms with Crippen molar-refractivity contribution in [2.24, 2.45) is 10.8 Å². The van der Waals surface area contributed by atoms with E-state index in [0.717, 1.165) is 6.42 Å². The highest BCUT2D eigenvalue weighted by Crippen LogP contribution is 2.66. The lowest BCUT2D eigenvalue weighted by molar-refractivity contribution is 0.166. The van der Waals surface area contributed by atoms with Crippen LogP contribution in [0.3, 0.4) is 0 Å². The highest BCUT2D eigenvalue weighted by atomic mass is 16.6. The molecule has 0 spiro atoms. The summed E-state index contributed by atoms with van der Waals surface area (Å²) >= 11 is 0. The van der Waals surface area contributed by atoms with E-state index >= 15 is 0 Å². The fourth-order valence-corrected chi connectivity index (χ4v) is 6.72. The topological polar surface area (TPSA) is 12.5 Å². The van der Waals surface area contributed by atoms with E-state index in [1.165, 1.54) is 60.0 Å². The minimum atomic E-state index is -0.103. The first-order valence-corrected chi connectivity index (χ1v) is 15.7. The zero-order chi connectivity index (χ0) is 30.3. The standard InChI is InChI=1S/C40H56O/c1-31(19-13-21-33(3)24-25-36-35(5)23-15-27-37(36,6)7)17-11-12-18-32(2)20-14-22-34(4)26-30-40-38(8,9)28-16-29-39(40,10)41-40/h11-14,17-22,24-26,30H,15-16,23,27-29H2,1-10H3/b12-11+,19-13+,20-14+,25-24+,30-26+,31-17+,32-18+,33-21+,34-22+/t39-,40+/m0/s1. The van der Waals surface area contributed by atoms with E-state index in [9.17, 15) is 0 Å². The Hall–Kier alpha value is -2.64. The molecule has 0 aromatic rings. The van der Waals surface area contributed by atoms with Crippen molar-refractivity contribution in [2.75, 3.05) is 0 Å². The number of fused-ring (bicyclic) bond motifs is 1. The van der Waals surface area contributed by atoms with Crippen LogP contribution in [-0.4, -0.2) is 11.2 Å². The first-order valence-electron chi connectivity index (χ1n) is 15.7. The predicted molar refractivity (Wildman–Crippen MR) is 181 cm³/mol. The lowest BCUT2D eigenvalue weighted by Crippen LogP contribution is -2.41. The van der Waals surface area contributed by atoms with Crippen LogP contribution in [0.1, 0.15) is 108 Å². The van der Waals surface area contributed by atoms with Gasteiger partial charge in [-0.25, -0.2) is 0 Å². The molecule has 222 valence electrons. The van der Waals surface area contributed by atoms with Gasteiger partial charge in [-0.3, -0.25) is 0 Å². The predicted octanol–water partition coefficient (Wildman–Crippen LogP) is 11.8. The van der Waals surface area contributed by atoms with Crippen molar-refractivity contribution in [1.29, 1.82) is 0 Å². The van der Waals surface area contributed by atoms with Gasteiger partial charge < -0.3 is 4.74 Å². The molecule has 3 aliphatic rings. The van der Waals surface area contributed by atoms with Crippen molar-refractivity contribution in [3.8, 4) is 0 Å². The average Bonchev–Trinajstić information content (AvgIpc) is 3.52. The van der Waals surface area contributed by atoms with Crippen LogP contribution in [0, 0.1) is 10.8 Å². The first-order chi connectivity index (χ1) is 19.2. The van der Waals surface area contributed by atoms with E-state index in [4.69, 9.17) is 4.74 Å². The van der Waals surface area contributed by atoms with E-state index in [-0.39, 0.29) is 22.0 Å². The van der Waals surface area contributed by atoms with Gasteiger partial charge in [-0.05, 0) is 97.1 Å². The zero-order valence-electron chi connectivity index (χ0n) is 27.7. The van der Waals surface area contributed by atoms with Gasteiger partial charge in [0.1, 0.15) is 5.60 Å². The normalized spacial score (nSPS) is 29.6. The molecular weight excluding hydrogens is 496 g/mol. The molecule has 3 rings (SSSR count). The van der Waals surface area contributed by atoms with Crippen molar-refractivity contribution in [2.45, 2.75) is 119 Å². The molecule has 0 amide bonds. The van der Waals surface area contributed by atoms with Crippen LogP contribution in [0.25, 0.3) is 0 Å². The van der Waals surface area contributed by atoms with Gasteiger partial charge in [0.15, 0.2) is 0 Å². The Labute approximate surface area is 252 Å². The summed E-state index contributed by atoms with van der Waals surface area (Å²) in [6.07, 6.45) is 38.1. The molecule has 41 heavy (non-hydrogen) atoms. The Morgan fingerprint density at radius 2 is 1.17 bits per heavy atom. The minimum Gasteiger partial charge on any atom is -0.358 e. The third kappa shape index (κ3) is 8.45.